The molecule has 0 saturated heterocycles. The molecule has 0 saturated carbocycles. The van der Waals surface area contributed by atoms with Gasteiger partial charge in [-0.2, -0.15) is 5.10 Å². The average molecular weight is 359 g/mol. The zero-order valence-corrected chi connectivity index (χ0v) is 14.3. The Balaban J connectivity index is 1.57. The second kappa shape index (κ2) is 8.44. The summed E-state index contributed by atoms with van der Waals surface area (Å²) in [6.45, 7) is 0. The maximum Gasteiger partial charge on any atom is 0.343 e. The zero-order valence-electron chi connectivity index (χ0n) is 14.3. The highest BCUT2D eigenvalue weighted by Gasteiger charge is 2.08. The van der Waals surface area contributed by atoms with Gasteiger partial charge in [-0.15, -0.1) is 0 Å². The van der Waals surface area contributed by atoms with Crippen LogP contribution in [0.5, 0.6) is 5.75 Å². The first kappa shape index (κ1) is 17.9. The van der Waals surface area contributed by atoms with E-state index in [1.54, 1.807) is 72.8 Å². The summed E-state index contributed by atoms with van der Waals surface area (Å²) in [6, 6.07) is 22.2. The van der Waals surface area contributed by atoms with E-state index in [0.29, 0.717) is 22.6 Å². The van der Waals surface area contributed by atoms with Crippen LogP contribution < -0.4 is 15.9 Å². The molecule has 0 bridgehead atoms. The molecule has 0 aromatic heterocycles. The van der Waals surface area contributed by atoms with Gasteiger partial charge < -0.3 is 10.5 Å². The topological polar surface area (TPSA) is 93.8 Å². The highest BCUT2D eigenvalue weighted by Crippen LogP contribution is 2.14. The molecule has 134 valence electrons. The molecular formula is C21H17N3O3. The van der Waals surface area contributed by atoms with Crippen molar-refractivity contribution in [1.82, 2.24) is 5.43 Å². The number of nitrogen functional groups attached to an aromatic ring is 1. The third kappa shape index (κ3) is 4.79. The number of benzene rings is 3. The largest absolute Gasteiger partial charge is 0.423 e. The highest BCUT2D eigenvalue weighted by atomic mass is 16.5. The molecule has 0 unspecified atom stereocenters. The molecule has 0 aliphatic rings. The van der Waals surface area contributed by atoms with Gasteiger partial charge in [0.15, 0.2) is 0 Å². The normalized spacial score (nSPS) is 10.5. The van der Waals surface area contributed by atoms with Crippen molar-refractivity contribution in [2.75, 3.05) is 5.73 Å². The minimum absolute atomic E-state index is 0.359. The van der Waals surface area contributed by atoms with Crippen molar-refractivity contribution in [3.63, 3.8) is 0 Å². The number of para-hydroxylation sites is 1. The van der Waals surface area contributed by atoms with Gasteiger partial charge >= 0.3 is 5.97 Å². The number of hydrazone groups is 1. The molecule has 6 nitrogen and oxygen atoms in total. The van der Waals surface area contributed by atoms with E-state index in [2.05, 4.69) is 10.5 Å². The number of nitrogens with zero attached hydrogens (tertiary/aromatic N) is 1. The number of esters is 1. The molecule has 0 heterocycles. The average Bonchev–Trinajstić information content (AvgIpc) is 2.70. The Kier molecular flexibility index (Phi) is 5.59. The summed E-state index contributed by atoms with van der Waals surface area (Å²) >= 11 is 0. The van der Waals surface area contributed by atoms with Gasteiger partial charge in [0.25, 0.3) is 5.91 Å². The fraction of sp³-hybridized carbons (Fsp3) is 0. The molecule has 27 heavy (non-hydrogen) atoms. The van der Waals surface area contributed by atoms with Crippen LogP contribution in [-0.2, 0) is 0 Å². The van der Waals surface area contributed by atoms with Crippen molar-refractivity contribution in [1.29, 1.82) is 0 Å². The van der Waals surface area contributed by atoms with E-state index in [1.165, 1.54) is 6.21 Å². The van der Waals surface area contributed by atoms with Gasteiger partial charge in [-0.25, -0.2) is 10.2 Å². The summed E-state index contributed by atoms with van der Waals surface area (Å²) in [5.41, 5.74) is 10.1. The van der Waals surface area contributed by atoms with Gasteiger partial charge in [-0.05, 0) is 54.1 Å². The Morgan fingerprint density at radius 2 is 1.56 bits per heavy atom. The SMILES string of the molecule is Nc1ccccc1C(=O)N/N=C/c1ccc(OC(=O)c2ccccc2)cc1. The Hall–Kier alpha value is -3.93. The van der Waals surface area contributed by atoms with Crippen molar-refractivity contribution in [3.8, 4) is 5.75 Å². The summed E-state index contributed by atoms with van der Waals surface area (Å²) in [5, 5.41) is 3.91. The van der Waals surface area contributed by atoms with Crippen LogP contribution in [0.3, 0.4) is 0 Å². The Morgan fingerprint density at radius 3 is 2.26 bits per heavy atom. The second-order valence-electron chi connectivity index (χ2n) is 5.61. The van der Waals surface area contributed by atoms with E-state index in [0.717, 1.165) is 5.56 Å². The number of amides is 1. The number of ether oxygens (including phenoxy) is 1. The summed E-state index contributed by atoms with van der Waals surface area (Å²) in [6.07, 6.45) is 1.49. The van der Waals surface area contributed by atoms with Crippen LogP contribution in [0.4, 0.5) is 5.69 Å². The maximum absolute atomic E-state index is 12.0. The molecule has 0 radical (unpaired) electrons. The van der Waals surface area contributed by atoms with Crippen molar-refractivity contribution in [2.45, 2.75) is 0 Å². The monoisotopic (exact) mass is 359 g/mol. The predicted octanol–water partition coefficient (Wildman–Crippen LogP) is 3.25. The lowest BCUT2D eigenvalue weighted by molar-refractivity contribution is 0.0734. The molecule has 0 spiro atoms. The van der Waals surface area contributed by atoms with Crippen molar-refractivity contribution in [2.24, 2.45) is 5.10 Å². The Morgan fingerprint density at radius 1 is 0.889 bits per heavy atom. The van der Waals surface area contributed by atoms with Crippen LogP contribution in [0.2, 0.25) is 0 Å². The number of hydrogen-bond donors (Lipinski definition) is 2. The first-order valence-electron chi connectivity index (χ1n) is 8.19. The lowest BCUT2D eigenvalue weighted by atomic mass is 10.2. The summed E-state index contributed by atoms with van der Waals surface area (Å²) in [4.78, 5) is 24.0. The molecule has 6 heteroatoms. The van der Waals surface area contributed by atoms with Crippen molar-refractivity contribution in [3.05, 3.63) is 95.6 Å². The first-order chi connectivity index (χ1) is 13.1. The smallest absolute Gasteiger partial charge is 0.343 e. The lowest BCUT2D eigenvalue weighted by Gasteiger charge is -2.04. The molecular weight excluding hydrogens is 342 g/mol. The predicted molar refractivity (Wildman–Crippen MR) is 104 cm³/mol. The Bertz CT molecular complexity index is 967. The fourth-order valence-corrected chi connectivity index (χ4v) is 2.29. The van der Waals surface area contributed by atoms with Crippen molar-refractivity contribution < 1.29 is 14.3 Å². The van der Waals surface area contributed by atoms with Crippen molar-refractivity contribution >= 4 is 23.8 Å². The number of nitrogens with two attached hydrogens (primary N) is 1. The highest BCUT2D eigenvalue weighted by molar-refractivity contribution is 5.99. The molecule has 0 atom stereocenters. The molecule has 3 rings (SSSR count). The van der Waals surface area contributed by atoms with Crippen LogP contribution >= 0.6 is 0 Å². The molecule has 1 amide bonds. The lowest BCUT2D eigenvalue weighted by Crippen LogP contribution is -2.18. The molecule has 0 fully saturated rings. The fourth-order valence-electron chi connectivity index (χ4n) is 2.29. The minimum atomic E-state index is -0.426. The molecule has 3 aromatic carbocycles. The number of nitrogens with one attached hydrogen (secondary N) is 1. The standard InChI is InChI=1S/C21H17N3O3/c22-19-9-5-4-8-18(19)20(25)24-23-14-15-10-12-17(13-11-15)27-21(26)16-6-2-1-3-7-16/h1-14H,22H2,(H,24,25)/b23-14+. The van der Waals surface area contributed by atoms with Crippen LogP contribution in [0, 0.1) is 0 Å². The number of rotatable bonds is 5. The van der Waals surface area contributed by atoms with E-state index < -0.39 is 11.9 Å². The summed E-state index contributed by atoms with van der Waals surface area (Å²) in [5.74, 6) is -0.399. The quantitative estimate of drug-likeness (QED) is 0.240. The second-order valence-corrected chi connectivity index (χ2v) is 5.61. The number of carbonyl (C=O) groups is 2. The van der Waals surface area contributed by atoms with E-state index in [4.69, 9.17) is 10.5 Å². The molecule has 3 N–H and O–H groups in total. The molecule has 3 aromatic rings. The van der Waals surface area contributed by atoms with Gasteiger partial charge in [0, 0.05) is 5.69 Å². The number of hydrogen-bond acceptors (Lipinski definition) is 5. The van der Waals surface area contributed by atoms with Gasteiger partial charge in [0.05, 0.1) is 17.3 Å². The van der Waals surface area contributed by atoms with E-state index in [9.17, 15) is 9.59 Å². The first-order valence-corrected chi connectivity index (χ1v) is 8.19. The summed E-state index contributed by atoms with van der Waals surface area (Å²) in [7, 11) is 0. The van der Waals surface area contributed by atoms with E-state index in [-0.39, 0.29) is 0 Å². The van der Waals surface area contributed by atoms with Gasteiger partial charge in [-0.1, -0.05) is 30.3 Å². The van der Waals surface area contributed by atoms with E-state index >= 15 is 0 Å². The van der Waals surface area contributed by atoms with Gasteiger partial charge in [0.1, 0.15) is 5.75 Å². The molecule has 0 aliphatic carbocycles. The zero-order chi connectivity index (χ0) is 19.1. The van der Waals surface area contributed by atoms with Gasteiger partial charge in [-0.3, -0.25) is 4.79 Å². The third-order valence-electron chi connectivity index (χ3n) is 3.69. The van der Waals surface area contributed by atoms with Crippen LogP contribution in [-0.4, -0.2) is 18.1 Å². The van der Waals surface area contributed by atoms with Crippen LogP contribution in [0.1, 0.15) is 26.3 Å². The van der Waals surface area contributed by atoms with Crippen LogP contribution in [0.25, 0.3) is 0 Å². The number of anilines is 1. The third-order valence-corrected chi connectivity index (χ3v) is 3.69. The minimum Gasteiger partial charge on any atom is -0.423 e. The number of carbonyl (C=O) groups excluding carboxylic acids is 2. The van der Waals surface area contributed by atoms with Crippen LogP contribution in [0.15, 0.2) is 84.0 Å². The maximum atomic E-state index is 12.0. The van der Waals surface area contributed by atoms with Gasteiger partial charge in [0.2, 0.25) is 0 Å². The Labute approximate surface area is 156 Å². The van der Waals surface area contributed by atoms with E-state index in [1.807, 2.05) is 6.07 Å². The summed E-state index contributed by atoms with van der Waals surface area (Å²) < 4.78 is 5.30. The molecule has 0 aliphatic heterocycles.